The first-order valence-electron chi connectivity index (χ1n) is 12.3. The fourth-order valence-electron chi connectivity index (χ4n) is 3.78. The number of hydrogen-bond acceptors (Lipinski definition) is 9. The van der Waals surface area contributed by atoms with Gasteiger partial charge in [0.2, 0.25) is 17.7 Å². The number of rotatable bonds is 8. The Labute approximate surface area is 243 Å². The summed E-state index contributed by atoms with van der Waals surface area (Å²) in [7, 11) is 0. The zero-order chi connectivity index (χ0) is 30.1. The lowest BCUT2D eigenvalue weighted by molar-refractivity contribution is -0.134. The molecule has 1 fully saturated rings. The summed E-state index contributed by atoms with van der Waals surface area (Å²) in [4.78, 5) is 68.3. The summed E-state index contributed by atoms with van der Waals surface area (Å²) < 4.78 is 0. The number of thioether (sulfide) groups is 2. The Morgan fingerprint density at radius 1 is 1.12 bits per heavy atom. The molecule has 3 aromatic rings. The summed E-state index contributed by atoms with van der Waals surface area (Å²) >= 11 is 2.62. The van der Waals surface area contributed by atoms with Crippen molar-refractivity contribution in [3.8, 4) is 5.88 Å². The van der Waals surface area contributed by atoms with Crippen LogP contribution in [0.2, 0.25) is 0 Å². The number of aliphatic imine (C=N–C) groups is 1. The summed E-state index contributed by atoms with van der Waals surface area (Å²) in [5.41, 5.74) is 0.456. The first-order chi connectivity index (χ1) is 19.5. The molecule has 0 bridgehead atoms. The number of benzene rings is 2. The van der Waals surface area contributed by atoms with E-state index in [1.54, 1.807) is 30.0 Å². The molecule has 216 valence electrons. The SMILES string of the molecule is CC(=O)O.CCc1ccc(C(N=C2NC(=O)C(CC(=O)Nc3cccc(SC)c3)S2)c2c(O)[nH]c(=O)[nH]c2=O)cc1. The summed E-state index contributed by atoms with van der Waals surface area (Å²) in [5.74, 6) is -2.16. The van der Waals surface area contributed by atoms with E-state index < -0.39 is 40.3 Å². The molecule has 6 N–H and O–H groups in total. The van der Waals surface area contributed by atoms with Crippen molar-refractivity contribution in [1.82, 2.24) is 15.3 Å². The van der Waals surface area contributed by atoms with Gasteiger partial charge in [-0.15, -0.1) is 11.8 Å². The van der Waals surface area contributed by atoms with E-state index in [1.807, 2.05) is 43.5 Å². The highest BCUT2D eigenvalue weighted by Gasteiger charge is 2.33. The van der Waals surface area contributed by atoms with Gasteiger partial charge in [0, 0.05) is 23.9 Å². The molecular weight excluding hydrogens is 570 g/mol. The first kappa shape index (κ1) is 31.2. The number of carboxylic acids is 1. The minimum absolute atomic E-state index is 0.0840. The Bertz CT molecular complexity index is 1560. The number of carbonyl (C=O) groups is 3. The summed E-state index contributed by atoms with van der Waals surface area (Å²) in [6.07, 6.45) is 2.66. The van der Waals surface area contributed by atoms with Crippen LogP contribution in [0.1, 0.15) is 43.0 Å². The number of aryl methyl sites for hydroxylation is 1. The maximum atomic E-state index is 12.6. The molecule has 1 saturated heterocycles. The largest absolute Gasteiger partial charge is 0.494 e. The van der Waals surface area contributed by atoms with Crippen LogP contribution >= 0.6 is 23.5 Å². The Morgan fingerprint density at radius 3 is 2.41 bits per heavy atom. The van der Waals surface area contributed by atoms with Gasteiger partial charge in [-0.05, 0) is 42.0 Å². The molecule has 0 spiro atoms. The molecule has 2 aromatic carbocycles. The van der Waals surface area contributed by atoms with Crippen molar-refractivity contribution in [3.63, 3.8) is 0 Å². The van der Waals surface area contributed by atoms with Crippen LogP contribution in [0, 0.1) is 0 Å². The van der Waals surface area contributed by atoms with Gasteiger partial charge in [-0.2, -0.15) is 0 Å². The minimum atomic E-state index is -1.02. The molecule has 14 heteroatoms. The molecule has 0 radical (unpaired) electrons. The van der Waals surface area contributed by atoms with Crippen LogP contribution in [0.3, 0.4) is 0 Å². The third-order valence-electron chi connectivity index (χ3n) is 5.68. The number of aliphatic carboxylic acids is 1. The molecule has 1 aliphatic rings. The average Bonchev–Trinajstić information content (AvgIpc) is 3.25. The quantitative estimate of drug-likeness (QED) is 0.211. The van der Waals surface area contributed by atoms with Gasteiger partial charge >= 0.3 is 5.69 Å². The van der Waals surface area contributed by atoms with E-state index in [1.165, 1.54) is 0 Å². The van der Waals surface area contributed by atoms with Gasteiger partial charge in [-0.3, -0.25) is 29.1 Å². The van der Waals surface area contributed by atoms with Crippen molar-refractivity contribution in [2.75, 3.05) is 11.6 Å². The van der Waals surface area contributed by atoms with Crippen LogP contribution in [0.25, 0.3) is 0 Å². The predicted molar refractivity (Wildman–Crippen MR) is 159 cm³/mol. The van der Waals surface area contributed by atoms with Gasteiger partial charge in [0.25, 0.3) is 11.5 Å². The smallest absolute Gasteiger partial charge is 0.328 e. The second-order valence-electron chi connectivity index (χ2n) is 8.70. The number of nitrogens with zero attached hydrogens (tertiary/aromatic N) is 1. The normalized spacial score (nSPS) is 15.9. The topological polar surface area (TPSA) is 194 Å². The highest BCUT2D eigenvalue weighted by Crippen LogP contribution is 2.32. The number of H-pyrrole nitrogens is 2. The fraction of sp³-hybridized carbons (Fsp3) is 0.259. The molecule has 12 nitrogen and oxygen atoms in total. The van der Waals surface area contributed by atoms with Gasteiger partial charge in [-0.25, -0.2) is 9.79 Å². The number of aromatic amines is 2. The van der Waals surface area contributed by atoms with Crippen molar-refractivity contribution in [2.24, 2.45) is 4.99 Å². The van der Waals surface area contributed by atoms with E-state index in [9.17, 15) is 24.3 Å². The van der Waals surface area contributed by atoms with E-state index in [0.717, 1.165) is 35.6 Å². The highest BCUT2D eigenvalue weighted by molar-refractivity contribution is 8.15. The fourth-order valence-corrected chi connectivity index (χ4v) is 5.23. The lowest BCUT2D eigenvalue weighted by atomic mass is 9.99. The molecule has 41 heavy (non-hydrogen) atoms. The number of anilines is 1. The Hall–Kier alpha value is -4.30. The van der Waals surface area contributed by atoms with Gasteiger partial charge in [0.1, 0.15) is 16.9 Å². The van der Waals surface area contributed by atoms with Crippen molar-refractivity contribution in [1.29, 1.82) is 0 Å². The van der Waals surface area contributed by atoms with Crippen molar-refractivity contribution < 1.29 is 24.6 Å². The van der Waals surface area contributed by atoms with Crippen LogP contribution in [-0.2, 0) is 20.8 Å². The number of nitrogens with one attached hydrogen (secondary N) is 4. The van der Waals surface area contributed by atoms with Crippen LogP contribution in [-0.4, -0.2) is 54.6 Å². The Kier molecular flexibility index (Phi) is 10.9. The van der Waals surface area contributed by atoms with E-state index in [0.29, 0.717) is 11.3 Å². The van der Waals surface area contributed by atoms with Gasteiger partial charge in [-0.1, -0.05) is 49.0 Å². The molecule has 2 atom stereocenters. The van der Waals surface area contributed by atoms with Crippen LogP contribution in [0.5, 0.6) is 5.88 Å². The van der Waals surface area contributed by atoms with Gasteiger partial charge in [0.15, 0.2) is 5.17 Å². The van der Waals surface area contributed by atoms with Crippen molar-refractivity contribution >= 4 is 52.2 Å². The number of amides is 2. The third-order valence-corrected chi connectivity index (χ3v) is 7.50. The molecule has 1 aromatic heterocycles. The zero-order valence-corrected chi connectivity index (χ0v) is 24.0. The number of carboxylic acid groups (broad SMARTS) is 1. The molecule has 2 amide bonds. The number of aromatic nitrogens is 2. The van der Waals surface area contributed by atoms with Crippen LogP contribution < -0.4 is 21.9 Å². The second-order valence-corrected chi connectivity index (χ2v) is 10.8. The number of carbonyl (C=O) groups excluding carboxylic acids is 2. The Balaban J connectivity index is 0.00000108. The zero-order valence-electron chi connectivity index (χ0n) is 22.4. The van der Waals surface area contributed by atoms with E-state index in [4.69, 9.17) is 9.90 Å². The van der Waals surface area contributed by atoms with E-state index >= 15 is 0 Å². The van der Waals surface area contributed by atoms with Gasteiger partial charge in [0.05, 0.1) is 0 Å². The molecule has 2 heterocycles. The second kappa shape index (κ2) is 14.4. The monoisotopic (exact) mass is 599 g/mol. The summed E-state index contributed by atoms with van der Waals surface area (Å²) in [5, 5.41) is 22.7. The molecule has 4 rings (SSSR count). The predicted octanol–water partition coefficient (Wildman–Crippen LogP) is 2.85. The minimum Gasteiger partial charge on any atom is -0.494 e. The third kappa shape index (κ3) is 8.85. The van der Waals surface area contributed by atoms with Crippen LogP contribution in [0.15, 0.2) is 68.0 Å². The average molecular weight is 600 g/mol. The molecule has 1 aliphatic heterocycles. The molecule has 2 unspecified atom stereocenters. The maximum Gasteiger partial charge on any atom is 0.328 e. The highest BCUT2D eigenvalue weighted by atomic mass is 32.2. The van der Waals surface area contributed by atoms with Gasteiger partial charge < -0.3 is 20.8 Å². The Morgan fingerprint density at radius 2 is 1.80 bits per heavy atom. The first-order valence-corrected chi connectivity index (χ1v) is 14.4. The standard InChI is InChI=1S/C25H25N5O5S2.C2H4O2/c1-3-13-7-9-14(10-8-13)20(19-22(33)28-24(35)29-23(19)34)27-25-30-21(32)17(37-25)12-18(31)26-15-5-4-6-16(11-15)36-2;1-2(3)4/h4-11,17,20H,3,12H2,1-2H3,(H,26,31)(H,27,30,32)(H3,28,29,33,34,35);1H3,(H,3,4). The van der Waals surface area contributed by atoms with Crippen LogP contribution in [0.4, 0.5) is 5.69 Å². The molecular formula is C27H29N5O7S2. The number of aromatic hydroxyl groups is 1. The van der Waals surface area contributed by atoms with Crippen molar-refractivity contribution in [3.05, 3.63) is 86.1 Å². The molecule has 0 saturated carbocycles. The summed E-state index contributed by atoms with van der Waals surface area (Å²) in [6, 6.07) is 13.7. The number of amidine groups is 1. The van der Waals surface area contributed by atoms with Crippen molar-refractivity contribution in [2.45, 2.75) is 42.9 Å². The lowest BCUT2D eigenvalue weighted by Crippen LogP contribution is -2.29. The number of hydrogen-bond donors (Lipinski definition) is 6. The van der Waals surface area contributed by atoms with E-state index in [2.05, 4.69) is 25.6 Å². The lowest BCUT2D eigenvalue weighted by Gasteiger charge is -2.15. The maximum absolute atomic E-state index is 12.6. The molecule has 0 aliphatic carbocycles. The van der Waals surface area contributed by atoms with E-state index in [-0.39, 0.29) is 23.1 Å². The summed E-state index contributed by atoms with van der Waals surface area (Å²) in [6.45, 7) is 3.09.